The topological polar surface area (TPSA) is 273 Å². The Labute approximate surface area is 202 Å². The third-order valence-corrected chi connectivity index (χ3v) is 5.16. The fourth-order valence-electron chi connectivity index (χ4n) is 2.90. The number of aliphatic imine (C=N–C) groups is 1. The average Bonchev–Trinajstić information content (AvgIpc) is 2.75. The van der Waals surface area contributed by atoms with Gasteiger partial charge in [-0.05, 0) is 25.7 Å². The fourth-order valence-corrected chi connectivity index (χ4v) is 2.90. The van der Waals surface area contributed by atoms with Crippen molar-refractivity contribution in [3.05, 3.63) is 0 Å². The van der Waals surface area contributed by atoms with Crippen molar-refractivity contribution < 1.29 is 39.3 Å². The summed E-state index contributed by atoms with van der Waals surface area (Å²) in [6, 6.07) is -5.62. The summed E-state index contributed by atoms with van der Waals surface area (Å²) < 4.78 is 0. The number of carbonyl (C=O) groups is 5. The highest BCUT2D eigenvalue weighted by Crippen LogP contribution is 2.09. The number of aliphatic hydroxyl groups excluding tert-OH is 1. The van der Waals surface area contributed by atoms with Crippen LogP contribution in [0.25, 0.3) is 0 Å². The van der Waals surface area contributed by atoms with Crippen LogP contribution in [0.1, 0.15) is 46.5 Å². The lowest BCUT2D eigenvalue weighted by Gasteiger charge is -2.27. The molecular weight excluding hydrogens is 466 g/mol. The molecule has 0 aliphatic heterocycles. The first-order valence-electron chi connectivity index (χ1n) is 11.1. The van der Waals surface area contributed by atoms with E-state index in [4.69, 9.17) is 22.3 Å². The second-order valence-corrected chi connectivity index (χ2v) is 8.15. The number of nitrogens with zero attached hydrogens (tertiary/aromatic N) is 1. The van der Waals surface area contributed by atoms with Crippen molar-refractivity contribution in [1.29, 1.82) is 0 Å². The van der Waals surface area contributed by atoms with Crippen LogP contribution in [-0.4, -0.2) is 87.8 Å². The third-order valence-electron chi connectivity index (χ3n) is 5.16. The Kier molecular flexibility index (Phi) is 13.9. The molecule has 0 aliphatic rings. The molecule has 0 heterocycles. The number of hydrogen-bond donors (Lipinski definition) is 9. The van der Waals surface area contributed by atoms with E-state index in [2.05, 4.69) is 20.9 Å². The second kappa shape index (κ2) is 15.4. The van der Waals surface area contributed by atoms with Crippen molar-refractivity contribution >= 4 is 35.6 Å². The lowest BCUT2D eigenvalue weighted by molar-refractivity contribution is -0.145. The number of amides is 3. The fraction of sp³-hybridized carbons (Fsp3) is 0.700. The van der Waals surface area contributed by atoms with Gasteiger partial charge in [0.25, 0.3) is 0 Å². The molecule has 12 N–H and O–H groups in total. The van der Waals surface area contributed by atoms with E-state index in [-0.39, 0.29) is 18.9 Å². The number of hydrogen-bond acceptors (Lipinski definition) is 8. The van der Waals surface area contributed by atoms with Crippen LogP contribution in [-0.2, 0) is 24.0 Å². The molecular formula is C20H37N7O8. The Bertz CT molecular complexity index is 785. The Hall–Kier alpha value is -3.46. The maximum Gasteiger partial charge on any atom is 0.326 e. The highest BCUT2D eigenvalue weighted by molar-refractivity contribution is 5.95. The van der Waals surface area contributed by atoms with E-state index in [9.17, 15) is 34.2 Å². The van der Waals surface area contributed by atoms with Crippen LogP contribution < -0.4 is 33.2 Å². The van der Waals surface area contributed by atoms with Gasteiger partial charge < -0.3 is 48.5 Å². The molecule has 0 aromatic heterocycles. The summed E-state index contributed by atoms with van der Waals surface area (Å²) in [6.07, 6.45) is -1.37. The molecule has 0 aromatic rings. The molecule has 6 unspecified atom stereocenters. The molecule has 200 valence electrons. The smallest absolute Gasteiger partial charge is 0.326 e. The van der Waals surface area contributed by atoms with Gasteiger partial charge in [0.1, 0.15) is 18.1 Å². The van der Waals surface area contributed by atoms with Gasteiger partial charge in [-0.25, -0.2) is 4.79 Å². The number of aliphatic carboxylic acids is 2. The Morgan fingerprint density at radius 2 is 1.49 bits per heavy atom. The molecule has 0 fully saturated rings. The van der Waals surface area contributed by atoms with Gasteiger partial charge in [-0.15, -0.1) is 0 Å². The molecule has 0 saturated carbocycles. The molecule has 35 heavy (non-hydrogen) atoms. The van der Waals surface area contributed by atoms with Crippen molar-refractivity contribution in [2.24, 2.45) is 28.1 Å². The Morgan fingerprint density at radius 3 is 1.94 bits per heavy atom. The lowest BCUT2D eigenvalue weighted by atomic mass is 9.98. The molecule has 0 aliphatic carbocycles. The summed E-state index contributed by atoms with van der Waals surface area (Å²) in [5.41, 5.74) is 16.2. The summed E-state index contributed by atoms with van der Waals surface area (Å²) in [4.78, 5) is 64.2. The predicted octanol–water partition coefficient (Wildman–Crippen LogP) is -3.19. The van der Waals surface area contributed by atoms with E-state index in [1.54, 1.807) is 13.8 Å². The molecule has 0 spiro atoms. The molecule has 0 radical (unpaired) electrons. The number of guanidine groups is 1. The zero-order valence-electron chi connectivity index (χ0n) is 20.1. The second-order valence-electron chi connectivity index (χ2n) is 8.15. The van der Waals surface area contributed by atoms with Gasteiger partial charge in [0, 0.05) is 6.54 Å². The van der Waals surface area contributed by atoms with Gasteiger partial charge in [0.15, 0.2) is 5.96 Å². The zero-order chi connectivity index (χ0) is 27.3. The Morgan fingerprint density at radius 1 is 0.914 bits per heavy atom. The molecule has 0 bridgehead atoms. The molecule has 6 atom stereocenters. The van der Waals surface area contributed by atoms with Crippen LogP contribution in [0.5, 0.6) is 0 Å². The van der Waals surface area contributed by atoms with E-state index in [1.165, 1.54) is 6.92 Å². The van der Waals surface area contributed by atoms with Crippen LogP contribution in [0.3, 0.4) is 0 Å². The van der Waals surface area contributed by atoms with E-state index < -0.39 is 72.3 Å². The molecule has 15 nitrogen and oxygen atoms in total. The average molecular weight is 504 g/mol. The van der Waals surface area contributed by atoms with Crippen LogP contribution in [0.4, 0.5) is 0 Å². The van der Waals surface area contributed by atoms with Crippen molar-refractivity contribution in [3.63, 3.8) is 0 Å². The number of nitrogens with one attached hydrogen (secondary N) is 3. The monoisotopic (exact) mass is 503 g/mol. The number of carboxylic acids is 2. The zero-order valence-corrected chi connectivity index (χ0v) is 20.1. The van der Waals surface area contributed by atoms with Gasteiger partial charge in [-0.3, -0.25) is 24.2 Å². The molecule has 15 heteroatoms. The van der Waals surface area contributed by atoms with Crippen molar-refractivity contribution in [1.82, 2.24) is 16.0 Å². The quantitative estimate of drug-likeness (QED) is 0.0574. The minimum absolute atomic E-state index is 0.118. The number of aliphatic hydroxyl groups is 1. The minimum atomic E-state index is -1.67. The first kappa shape index (κ1) is 31.5. The molecule has 0 saturated heterocycles. The van der Waals surface area contributed by atoms with Gasteiger partial charge in [-0.1, -0.05) is 20.3 Å². The summed E-state index contributed by atoms with van der Waals surface area (Å²) in [5, 5.41) is 35.1. The SMILES string of the molecule is CCC(C)C(NC(=O)C(CC(=O)O)NC(=O)C(NC(=O)C(N)CCCN=C(N)N)C(C)O)C(=O)O. The van der Waals surface area contributed by atoms with E-state index in [0.717, 1.165) is 0 Å². The third kappa shape index (κ3) is 12.0. The van der Waals surface area contributed by atoms with E-state index >= 15 is 0 Å². The maximum atomic E-state index is 12.7. The van der Waals surface area contributed by atoms with Crippen molar-refractivity contribution in [3.8, 4) is 0 Å². The predicted molar refractivity (Wildman–Crippen MR) is 125 cm³/mol. The summed E-state index contributed by atoms with van der Waals surface area (Å²) >= 11 is 0. The van der Waals surface area contributed by atoms with E-state index in [0.29, 0.717) is 12.8 Å². The normalized spacial score (nSPS) is 15.9. The Balaban J connectivity index is 5.37. The van der Waals surface area contributed by atoms with Crippen molar-refractivity contribution in [2.45, 2.75) is 76.7 Å². The first-order valence-corrected chi connectivity index (χ1v) is 11.1. The van der Waals surface area contributed by atoms with Crippen LogP contribution in [0, 0.1) is 5.92 Å². The summed E-state index contributed by atoms with van der Waals surface area (Å²) in [7, 11) is 0. The molecule has 0 aromatic carbocycles. The summed E-state index contributed by atoms with van der Waals surface area (Å²) in [6.45, 7) is 4.72. The van der Waals surface area contributed by atoms with Gasteiger partial charge >= 0.3 is 11.9 Å². The first-order chi connectivity index (χ1) is 16.2. The highest BCUT2D eigenvalue weighted by atomic mass is 16.4. The van der Waals surface area contributed by atoms with Crippen LogP contribution >= 0.6 is 0 Å². The van der Waals surface area contributed by atoms with Gasteiger partial charge in [0.2, 0.25) is 17.7 Å². The van der Waals surface area contributed by atoms with Gasteiger partial charge in [0.05, 0.1) is 18.6 Å². The number of carboxylic acid groups (broad SMARTS) is 2. The summed E-state index contributed by atoms with van der Waals surface area (Å²) in [5.74, 6) is -6.24. The standard InChI is InChI=1S/C20H37N7O8/c1-4-9(2)14(19(34)35)26-17(32)12(8-13(29)30)25-18(33)15(10(3)28)27-16(31)11(21)6-5-7-24-20(22)23/h9-12,14-15,28H,4-8,21H2,1-3H3,(H,25,33)(H,26,32)(H,27,31)(H,29,30)(H,34,35)(H4,22,23,24). The van der Waals surface area contributed by atoms with E-state index in [1.807, 2.05) is 0 Å². The minimum Gasteiger partial charge on any atom is -0.481 e. The van der Waals surface area contributed by atoms with Crippen LogP contribution in [0.2, 0.25) is 0 Å². The molecule has 0 rings (SSSR count). The van der Waals surface area contributed by atoms with Crippen molar-refractivity contribution in [2.75, 3.05) is 6.54 Å². The number of rotatable bonds is 16. The largest absolute Gasteiger partial charge is 0.481 e. The lowest BCUT2D eigenvalue weighted by Crippen LogP contribution is -2.60. The maximum absolute atomic E-state index is 12.7. The molecule has 3 amide bonds. The number of carbonyl (C=O) groups excluding carboxylic acids is 3. The van der Waals surface area contributed by atoms with Crippen LogP contribution in [0.15, 0.2) is 4.99 Å². The number of nitrogens with two attached hydrogens (primary N) is 3. The van der Waals surface area contributed by atoms with Gasteiger partial charge in [-0.2, -0.15) is 0 Å². The highest BCUT2D eigenvalue weighted by Gasteiger charge is 2.34.